The summed E-state index contributed by atoms with van der Waals surface area (Å²) in [4.78, 5) is 21.2. The van der Waals surface area contributed by atoms with E-state index < -0.39 is 0 Å². The lowest BCUT2D eigenvalue weighted by Crippen LogP contribution is -1.89. The molecule has 2 N–H and O–H groups in total. The standard InChI is InChI=1S/C32H27N5/c1-4-28-36-30-24-12-11-22(16-26(24)29-25(31(30)37-28)6-5-13-33-29)20-7-8-21-15-23(10-9-19(21)14-20)27-17-34-32(35-27)18(2)3/h5-18H,4H2,1-3H3,(H,34,35)(H,36,37). The van der Waals surface area contributed by atoms with E-state index in [9.17, 15) is 0 Å². The van der Waals surface area contributed by atoms with Gasteiger partial charge >= 0.3 is 0 Å². The summed E-state index contributed by atoms with van der Waals surface area (Å²) in [5.41, 5.74) is 7.65. The zero-order valence-electron chi connectivity index (χ0n) is 21.1. The van der Waals surface area contributed by atoms with Gasteiger partial charge in [0.05, 0.1) is 28.4 Å². The lowest BCUT2D eigenvalue weighted by Gasteiger charge is -2.10. The number of nitrogens with zero attached hydrogens (tertiary/aromatic N) is 3. The number of benzene rings is 4. The van der Waals surface area contributed by atoms with E-state index in [2.05, 4.69) is 96.4 Å². The quantitative estimate of drug-likeness (QED) is 0.249. The minimum Gasteiger partial charge on any atom is -0.342 e. The number of aromatic amines is 2. The molecule has 0 spiro atoms. The number of aromatic nitrogens is 5. The molecule has 0 unspecified atom stereocenters. The van der Waals surface area contributed by atoms with Crippen LogP contribution >= 0.6 is 0 Å². The fraction of sp³-hybridized carbons (Fsp3) is 0.156. The molecule has 5 heteroatoms. The van der Waals surface area contributed by atoms with Gasteiger partial charge in [0, 0.05) is 40.3 Å². The van der Waals surface area contributed by atoms with Crippen molar-refractivity contribution in [2.75, 3.05) is 0 Å². The van der Waals surface area contributed by atoms with Crippen molar-refractivity contribution in [3.05, 3.63) is 90.8 Å². The molecule has 4 aromatic carbocycles. The number of hydrogen-bond donors (Lipinski definition) is 2. The molecule has 7 rings (SSSR count). The van der Waals surface area contributed by atoms with Crippen molar-refractivity contribution in [2.24, 2.45) is 0 Å². The van der Waals surface area contributed by atoms with Crippen LogP contribution in [0.3, 0.4) is 0 Å². The molecule has 0 aliphatic rings. The van der Waals surface area contributed by atoms with Crippen molar-refractivity contribution in [1.82, 2.24) is 24.9 Å². The van der Waals surface area contributed by atoms with Gasteiger partial charge in [-0.3, -0.25) is 4.98 Å². The first-order valence-corrected chi connectivity index (χ1v) is 12.9. The Morgan fingerprint density at radius 2 is 1.49 bits per heavy atom. The Bertz CT molecular complexity index is 1960. The van der Waals surface area contributed by atoms with Gasteiger partial charge < -0.3 is 9.97 Å². The number of nitrogens with one attached hydrogen (secondary N) is 2. The largest absolute Gasteiger partial charge is 0.342 e. The van der Waals surface area contributed by atoms with Gasteiger partial charge in [0.1, 0.15) is 11.6 Å². The minimum atomic E-state index is 0.379. The van der Waals surface area contributed by atoms with Crippen molar-refractivity contribution in [3.63, 3.8) is 0 Å². The lowest BCUT2D eigenvalue weighted by molar-refractivity contribution is 0.795. The fourth-order valence-corrected chi connectivity index (χ4v) is 5.30. The maximum atomic E-state index is 4.86. The molecular formula is C32H27N5. The van der Waals surface area contributed by atoms with E-state index in [1.165, 1.54) is 21.9 Å². The van der Waals surface area contributed by atoms with Crippen LogP contribution in [0.25, 0.3) is 65.9 Å². The lowest BCUT2D eigenvalue weighted by atomic mass is 9.96. The monoisotopic (exact) mass is 481 g/mol. The van der Waals surface area contributed by atoms with Crippen LogP contribution in [0.15, 0.2) is 79.1 Å². The summed E-state index contributed by atoms with van der Waals surface area (Å²) in [6.07, 6.45) is 4.66. The first-order valence-electron chi connectivity index (χ1n) is 12.9. The van der Waals surface area contributed by atoms with Gasteiger partial charge in [-0.2, -0.15) is 0 Å². The Morgan fingerprint density at radius 3 is 2.27 bits per heavy atom. The molecule has 0 saturated heterocycles. The number of aryl methyl sites for hydroxylation is 1. The average molecular weight is 482 g/mol. The second kappa shape index (κ2) is 8.27. The normalized spacial score (nSPS) is 12.0. The number of rotatable bonds is 4. The highest BCUT2D eigenvalue weighted by molar-refractivity contribution is 6.22. The Balaban J connectivity index is 1.35. The summed E-state index contributed by atoms with van der Waals surface area (Å²) < 4.78 is 0. The average Bonchev–Trinajstić information content (AvgIpc) is 3.61. The molecule has 0 amide bonds. The van der Waals surface area contributed by atoms with Crippen LogP contribution in [-0.4, -0.2) is 24.9 Å². The van der Waals surface area contributed by atoms with Gasteiger partial charge in [0.15, 0.2) is 0 Å². The highest BCUT2D eigenvalue weighted by Gasteiger charge is 2.14. The third kappa shape index (κ3) is 3.50. The minimum absolute atomic E-state index is 0.379. The second-order valence-electron chi connectivity index (χ2n) is 10.0. The van der Waals surface area contributed by atoms with Crippen molar-refractivity contribution < 1.29 is 0 Å². The van der Waals surface area contributed by atoms with Gasteiger partial charge in [0.2, 0.25) is 0 Å². The Labute approximate surface area is 214 Å². The second-order valence-corrected chi connectivity index (χ2v) is 10.0. The first kappa shape index (κ1) is 21.7. The number of imidazole rings is 2. The third-order valence-corrected chi connectivity index (χ3v) is 7.32. The van der Waals surface area contributed by atoms with E-state index in [-0.39, 0.29) is 0 Å². The van der Waals surface area contributed by atoms with Crippen LogP contribution in [0.1, 0.15) is 38.3 Å². The summed E-state index contributed by atoms with van der Waals surface area (Å²) in [5, 5.41) is 5.81. The number of pyridine rings is 1. The molecule has 0 aliphatic heterocycles. The molecule has 3 heterocycles. The van der Waals surface area contributed by atoms with Crippen LogP contribution in [0.5, 0.6) is 0 Å². The molecular weight excluding hydrogens is 454 g/mol. The Kier molecular flexibility index (Phi) is 4.86. The van der Waals surface area contributed by atoms with Crippen molar-refractivity contribution in [1.29, 1.82) is 0 Å². The first-order chi connectivity index (χ1) is 18.1. The molecule has 180 valence electrons. The maximum absolute atomic E-state index is 4.86. The molecule has 5 nitrogen and oxygen atoms in total. The predicted octanol–water partition coefficient (Wildman–Crippen LogP) is 8.16. The number of H-pyrrole nitrogens is 2. The zero-order valence-corrected chi connectivity index (χ0v) is 21.1. The molecule has 0 bridgehead atoms. The molecule has 0 fully saturated rings. The summed E-state index contributed by atoms with van der Waals surface area (Å²) in [6, 6.07) is 24.1. The van der Waals surface area contributed by atoms with E-state index in [1.54, 1.807) is 0 Å². The van der Waals surface area contributed by atoms with Crippen molar-refractivity contribution in [3.8, 4) is 22.4 Å². The van der Waals surface area contributed by atoms with E-state index in [1.807, 2.05) is 18.5 Å². The molecule has 0 radical (unpaired) electrons. The van der Waals surface area contributed by atoms with Crippen LogP contribution in [0.2, 0.25) is 0 Å². The number of fused-ring (bicyclic) bond motifs is 7. The topological polar surface area (TPSA) is 70.2 Å². The zero-order chi connectivity index (χ0) is 25.1. The van der Waals surface area contributed by atoms with Crippen molar-refractivity contribution in [2.45, 2.75) is 33.1 Å². The van der Waals surface area contributed by atoms with Crippen LogP contribution < -0.4 is 0 Å². The summed E-state index contributed by atoms with van der Waals surface area (Å²) in [5.74, 6) is 2.40. The predicted molar refractivity (Wildman–Crippen MR) is 153 cm³/mol. The van der Waals surface area contributed by atoms with Crippen molar-refractivity contribution >= 4 is 43.5 Å². The molecule has 0 atom stereocenters. The summed E-state index contributed by atoms with van der Waals surface area (Å²) in [7, 11) is 0. The Hall–Kier alpha value is -4.51. The van der Waals surface area contributed by atoms with E-state index in [0.717, 1.165) is 62.0 Å². The molecule has 37 heavy (non-hydrogen) atoms. The highest BCUT2D eigenvalue weighted by Crippen LogP contribution is 2.36. The highest BCUT2D eigenvalue weighted by atomic mass is 14.9. The number of hydrogen-bond acceptors (Lipinski definition) is 3. The van der Waals surface area contributed by atoms with Crippen LogP contribution in [-0.2, 0) is 6.42 Å². The van der Waals surface area contributed by atoms with Gasteiger partial charge in [0.25, 0.3) is 0 Å². The SMILES string of the molecule is CCc1nc2c3cccnc3c3cc(-c4ccc5cc(-c6cnc(C(C)C)[nH]6)ccc5c4)ccc3c2[nH]1. The van der Waals surface area contributed by atoms with Crippen LogP contribution in [0.4, 0.5) is 0 Å². The molecule has 0 saturated carbocycles. The van der Waals surface area contributed by atoms with Gasteiger partial charge in [-0.1, -0.05) is 57.2 Å². The molecule has 0 aliphatic carbocycles. The van der Waals surface area contributed by atoms with E-state index in [0.29, 0.717) is 5.92 Å². The summed E-state index contributed by atoms with van der Waals surface area (Å²) >= 11 is 0. The molecule has 7 aromatic rings. The van der Waals surface area contributed by atoms with E-state index in [4.69, 9.17) is 9.97 Å². The van der Waals surface area contributed by atoms with E-state index >= 15 is 0 Å². The smallest absolute Gasteiger partial charge is 0.109 e. The van der Waals surface area contributed by atoms with Gasteiger partial charge in [-0.05, 0) is 52.2 Å². The summed E-state index contributed by atoms with van der Waals surface area (Å²) in [6.45, 7) is 6.42. The van der Waals surface area contributed by atoms with Gasteiger partial charge in [-0.15, -0.1) is 0 Å². The van der Waals surface area contributed by atoms with Gasteiger partial charge in [-0.25, -0.2) is 9.97 Å². The third-order valence-electron chi connectivity index (χ3n) is 7.32. The van der Waals surface area contributed by atoms with Crippen LogP contribution in [0, 0.1) is 0 Å². The fourth-order valence-electron chi connectivity index (χ4n) is 5.30. The Morgan fingerprint density at radius 1 is 0.730 bits per heavy atom. The molecule has 3 aromatic heterocycles. The maximum Gasteiger partial charge on any atom is 0.109 e.